The van der Waals surface area contributed by atoms with Gasteiger partial charge < -0.3 is 5.32 Å². The van der Waals surface area contributed by atoms with Crippen LogP contribution in [0.15, 0.2) is 18.2 Å². The van der Waals surface area contributed by atoms with E-state index in [9.17, 15) is 9.18 Å². The number of hydrogen-bond donors (Lipinski definition) is 1. The zero-order valence-corrected chi connectivity index (χ0v) is 11.5. The third-order valence-electron chi connectivity index (χ3n) is 3.55. The number of piperidine rings is 1. The maximum absolute atomic E-state index is 13.2. The number of carbonyl (C=O) groups excluding carboxylic acids is 1. The van der Waals surface area contributed by atoms with Crippen LogP contribution >= 0.6 is 0 Å². The summed E-state index contributed by atoms with van der Waals surface area (Å²) in [4.78, 5) is 13.3. The topological polar surface area (TPSA) is 56.1 Å². The molecule has 2 rings (SSSR count). The van der Waals surface area contributed by atoms with E-state index in [-0.39, 0.29) is 17.5 Å². The third kappa shape index (κ3) is 3.78. The van der Waals surface area contributed by atoms with Crippen molar-refractivity contribution in [3.05, 3.63) is 35.1 Å². The Labute approximate surface area is 118 Å². The minimum atomic E-state index is -0.472. The van der Waals surface area contributed by atoms with Gasteiger partial charge in [0, 0.05) is 32.6 Å². The van der Waals surface area contributed by atoms with E-state index in [1.54, 1.807) is 12.1 Å². The highest BCUT2D eigenvalue weighted by Crippen LogP contribution is 2.16. The fraction of sp³-hybridized carbons (Fsp3) is 0.467. The SMILES string of the molecule is CC(=O)NC1CCN(Cc2ccc(F)c(C#N)c2)CC1. The average Bonchev–Trinajstić information content (AvgIpc) is 2.42. The van der Waals surface area contributed by atoms with Crippen LogP contribution in [-0.4, -0.2) is 29.9 Å². The molecule has 1 aromatic rings. The van der Waals surface area contributed by atoms with Crippen molar-refractivity contribution in [2.24, 2.45) is 0 Å². The summed E-state index contributed by atoms with van der Waals surface area (Å²) >= 11 is 0. The summed E-state index contributed by atoms with van der Waals surface area (Å²) in [7, 11) is 0. The second-order valence-electron chi connectivity index (χ2n) is 5.18. The molecule has 5 heteroatoms. The van der Waals surface area contributed by atoms with Crippen molar-refractivity contribution in [3.63, 3.8) is 0 Å². The third-order valence-corrected chi connectivity index (χ3v) is 3.55. The maximum Gasteiger partial charge on any atom is 0.217 e. The average molecular weight is 275 g/mol. The van der Waals surface area contributed by atoms with E-state index in [4.69, 9.17) is 5.26 Å². The van der Waals surface area contributed by atoms with Crippen molar-refractivity contribution in [1.82, 2.24) is 10.2 Å². The lowest BCUT2D eigenvalue weighted by Gasteiger charge is -2.32. The van der Waals surface area contributed by atoms with Gasteiger partial charge in [0.15, 0.2) is 0 Å². The van der Waals surface area contributed by atoms with Crippen molar-refractivity contribution in [2.75, 3.05) is 13.1 Å². The first kappa shape index (κ1) is 14.5. The molecular formula is C15H18FN3O. The Morgan fingerprint density at radius 2 is 2.20 bits per heavy atom. The number of amides is 1. The standard InChI is InChI=1S/C15H18FN3O/c1-11(20)18-14-4-6-19(7-5-14)10-12-2-3-15(16)13(8-12)9-17/h2-3,8,14H,4-7,10H2,1H3,(H,18,20). The summed E-state index contributed by atoms with van der Waals surface area (Å²) in [6, 6.07) is 6.79. The number of likely N-dealkylation sites (tertiary alicyclic amines) is 1. The molecular weight excluding hydrogens is 257 g/mol. The maximum atomic E-state index is 13.2. The van der Waals surface area contributed by atoms with E-state index in [1.807, 2.05) is 6.07 Å². The number of halogens is 1. The predicted octanol–water partition coefficient (Wildman–Crippen LogP) is 1.80. The first-order valence-electron chi connectivity index (χ1n) is 6.76. The van der Waals surface area contributed by atoms with E-state index < -0.39 is 5.82 Å². The number of hydrogen-bond acceptors (Lipinski definition) is 3. The zero-order chi connectivity index (χ0) is 14.5. The molecule has 1 aliphatic rings. The molecule has 0 atom stereocenters. The molecule has 0 aliphatic carbocycles. The van der Waals surface area contributed by atoms with Crippen LogP contribution in [0.2, 0.25) is 0 Å². The van der Waals surface area contributed by atoms with Crippen LogP contribution in [-0.2, 0) is 11.3 Å². The van der Waals surface area contributed by atoms with E-state index in [1.165, 1.54) is 13.0 Å². The van der Waals surface area contributed by atoms with Crippen molar-refractivity contribution in [2.45, 2.75) is 32.4 Å². The minimum Gasteiger partial charge on any atom is -0.354 e. The van der Waals surface area contributed by atoms with Gasteiger partial charge in [-0.1, -0.05) is 6.07 Å². The van der Waals surface area contributed by atoms with Gasteiger partial charge in [-0.15, -0.1) is 0 Å². The van der Waals surface area contributed by atoms with Crippen molar-refractivity contribution in [1.29, 1.82) is 5.26 Å². The van der Waals surface area contributed by atoms with Gasteiger partial charge in [-0.2, -0.15) is 5.26 Å². The molecule has 1 aliphatic heterocycles. The Morgan fingerprint density at radius 1 is 1.50 bits per heavy atom. The quantitative estimate of drug-likeness (QED) is 0.915. The Hall–Kier alpha value is -1.93. The number of carbonyl (C=O) groups is 1. The summed E-state index contributed by atoms with van der Waals surface area (Å²) in [6.07, 6.45) is 1.85. The molecule has 0 spiro atoms. The van der Waals surface area contributed by atoms with Crippen molar-refractivity contribution >= 4 is 5.91 Å². The van der Waals surface area contributed by atoms with E-state index in [0.717, 1.165) is 31.5 Å². The van der Waals surface area contributed by atoms with Crippen LogP contribution in [0.3, 0.4) is 0 Å². The molecule has 106 valence electrons. The van der Waals surface area contributed by atoms with Crippen molar-refractivity contribution in [3.8, 4) is 6.07 Å². The molecule has 0 saturated carbocycles. The van der Waals surface area contributed by atoms with Crippen LogP contribution in [0.5, 0.6) is 0 Å². The predicted molar refractivity (Wildman–Crippen MR) is 73.2 cm³/mol. The molecule has 0 radical (unpaired) electrons. The van der Waals surface area contributed by atoms with Gasteiger partial charge >= 0.3 is 0 Å². The molecule has 0 bridgehead atoms. The molecule has 1 amide bonds. The lowest BCUT2D eigenvalue weighted by atomic mass is 10.0. The van der Waals surface area contributed by atoms with Crippen LogP contribution in [0.25, 0.3) is 0 Å². The van der Waals surface area contributed by atoms with E-state index >= 15 is 0 Å². The molecule has 1 heterocycles. The van der Waals surface area contributed by atoms with Crippen LogP contribution in [0.1, 0.15) is 30.9 Å². The number of nitriles is 1. The number of rotatable bonds is 3. The van der Waals surface area contributed by atoms with Gasteiger partial charge in [-0.25, -0.2) is 4.39 Å². The fourth-order valence-corrected chi connectivity index (χ4v) is 2.54. The Bertz CT molecular complexity index is 530. The molecule has 1 N–H and O–H groups in total. The van der Waals surface area contributed by atoms with E-state index in [2.05, 4.69) is 10.2 Å². The monoisotopic (exact) mass is 275 g/mol. The molecule has 20 heavy (non-hydrogen) atoms. The van der Waals surface area contributed by atoms with Gasteiger partial charge in [-0.3, -0.25) is 9.69 Å². The molecule has 0 aromatic heterocycles. The molecule has 1 saturated heterocycles. The summed E-state index contributed by atoms with van der Waals surface area (Å²) in [5, 5.41) is 11.8. The molecule has 0 unspecified atom stereocenters. The highest BCUT2D eigenvalue weighted by Gasteiger charge is 2.19. The highest BCUT2D eigenvalue weighted by atomic mass is 19.1. The largest absolute Gasteiger partial charge is 0.354 e. The summed E-state index contributed by atoms with van der Waals surface area (Å²) in [5.41, 5.74) is 1.04. The highest BCUT2D eigenvalue weighted by molar-refractivity contribution is 5.73. The van der Waals surface area contributed by atoms with E-state index in [0.29, 0.717) is 6.54 Å². The van der Waals surface area contributed by atoms with Gasteiger partial charge in [0.1, 0.15) is 11.9 Å². The summed E-state index contributed by atoms with van der Waals surface area (Å²) < 4.78 is 13.2. The molecule has 1 fully saturated rings. The molecule has 4 nitrogen and oxygen atoms in total. The second-order valence-corrected chi connectivity index (χ2v) is 5.18. The lowest BCUT2D eigenvalue weighted by Crippen LogP contribution is -2.43. The number of nitrogens with zero attached hydrogens (tertiary/aromatic N) is 2. The Balaban J connectivity index is 1.90. The second kappa shape index (κ2) is 6.49. The van der Waals surface area contributed by atoms with Crippen LogP contribution in [0, 0.1) is 17.1 Å². The Kier molecular flexibility index (Phi) is 4.70. The smallest absolute Gasteiger partial charge is 0.217 e. The van der Waals surface area contributed by atoms with Gasteiger partial charge in [-0.05, 0) is 30.5 Å². The number of benzene rings is 1. The van der Waals surface area contributed by atoms with Gasteiger partial charge in [0.05, 0.1) is 5.56 Å². The zero-order valence-electron chi connectivity index (χ0n) is 11.5. The van der Waals surface area contributed by atoms with Crippen molar-refractivity contribution < 1.29 is 9.18 Å². The summed E-state index contributed by atoms with van der Waals surface area (Å²) in [5.74, 6) is -0.457. The van der Waals surface area contributed by atoms with Gasteiger partial charge in [0.2, 0.25) is 5.91 Å². The molecule has 1 aromatic carbocycles. The lowest BCUT2D eigenvalue weighted by molar-refractivity contribution is -0.119. The minimum absolute atomic E-state index is 0.0145. The summed E-state index contributed by atoms with van der Waals surface area (Å²) in [6.45, 7) is 4.03. The van der Waals surface area contributed by atoms with Gasteiger partial charge in [0.25, 0.3) is 0 Å². The van der Waals surface area contributed by atoms with Crippen LogP contribution < -0.4 is 5.32 Å². The first-order valence-corrected chi connectivity index (χ1v) is 6.76. The Morgan fingerprint density at radius 3 is 2.80 bits per heavy atom. The normalized spacial score (nSPS) is 16.6. The number of nitrogens with one attached hydrogen (secondary N) is 1. The fourth-order valence-electron chi connectivity index (χ4n) is 2.54. The van der Waals surface area contributed by atoms with Crippen LogP contribution in [0.4, 0.5) is 4.39 Å². The first-order chi connectivity index (χ1) is 9.58.